The lowest BCUT2D eigenvalue weighted by atomic mass is 10.2. The van der Waals surface area contributed by atoms with Crippen molar-refractivity contribution >= 4 is 27.5 Å². The summed E-state index contributed by atoms with van der Waals surface area (Å²) in [6.45, 7) is 0.949. The van der Waals surface area contributed by atoms with Gasteiger partial charge in [0.1, 0.15) is 12.4 Å². The van der Waals surface area contributed by atoms with E-state index in [1.807, 2.05) is 54.6 Å². The van der Waals surface area contributed by atoms with Gasteiger partial charge in [0.15, 0.2) is 0 Å². The van der Waals surface area contributed by atoms with Gasteiger partial charge in [0, 0.05) is 12.1 Å². The first-order chi connectivity index (χ1) is 11.3. The number of benzene rings is 2. The molecule has 23 heavy (non-hydrogen) atoms. The van der Waals surface area contributed by atoms with E-state index in [4.69, 9.17) is 4.74 Å². The van der Waals surface area contributed by atoms with Crippen LogP contribution in [-0.2, 0) is 0 Å². The average Bonchev–Trinajstić information content (AvgIpc) is 3.06. The third-order valence-electron chi connectivity index (χ3n) is 3.23. The highest BCUT2D eigenvalue weighted by Crippen LogP contribution is 2.18. The number of carbonyl (C=O) groups is 1. The van der Waals surface area contributed by atoms with E-state index >= 15 is 0 Å². The van der Waals surface area contributed by atoms with Crippen molar-refractivity contribution in [2.45, 2.75) is 0 Å². The number of thiazole rings is 1. The van der Waals surface area contributed by atoms with E-state index in [1.54, 1.807) is 11.6 Å². The summed E-state index contributed by atoms with van der Waals surface area (Å²) in [5, 5.41) is 2.86. The van der Waals surface area contributed by atoms with Crippen LogP contribution in [0.2, 0.25) is 0 Å². The molecule has 1 amide bonds. The fourth-order valence-electron chi connectivity index (χ4n) is 2.06. The van der Waals surface area contributed by atoms with Gasteiger partial charge < -0.3 is 10.1 Å². The van der Waals surface area contributed by atoms with Crippen LogP contribution in [0.25, 0.3) is 10.2 Å². The Morgan fingerprint density at radius 2 is 2.04 bits per heavy atom. The van der Waals surface area contributed by atoms with Gasteiger partial charge in [0.2, 0.25) is 0 Å². The zero-order valence-electron chi connectivity index (χ0n) is 12.4. The van der Waals surface area contributed by atoms with E-state index in [2.05, 4.69) is 10.3 Å². The number of rotatable bonds is 6. The van der Waals surface area contributed by atoms with E-state index in [1.165, 1.54) is 11.3 Å². The molecule has 0 aliphatic heterocycles. The van der Waals surface area contributed by atoms with Crippen LogP contribution < -0.4 is 10.1 Å². The van der Waals surface area contributed by atoms with Crippen LogP contribution in [0.3, 0.4) is 0 Å². The van der Waals surface area contributed by atoms with Gasteiger partial charge in [-0.05, 0) is 36.4 Å². The fraction of sp³-hybridized carbons (Fsp3) is 0.111. The van der Waals surface area contributed by atoms with Gasteiger partial charge in [-0.25, -0.2) is 4.98 Å². The zero-order chi connectivity index (χ0) is 15.9. The summed E-state index contributed by atoms with van der Waals surface area (Å²) in [7, 11) is 0. The smallest absolute Gasteiger partial charge is 0.251 e. The highest BCUT2D eigenvalue weighted by molar-refractivity contribution is 7.16. The van der Waals surface area contributed by atoms with E-state index in [-0.39, 0.29) is 5.91 Å². The summed E-state index contributed by atoms with van der Waals surface area (Å²) in [5.41, 5.74) is 3.35. The Labute approximate surface area is 138 Å². The number of nitrogens with one attached hydrogen (secondary N) is 1. The molecule has 116 valence electrons. The first-order valence-corrected chi connectivity index (χ1v) is 8.15. The third kappa shape index (κ3) is 4.17. The van der Waals surface area contributed by atoms with E-state index in [0.29, 0.717) is 18.7 Å². The number of nitrogens with zero attached hydrogens (tertiary/aromatic N) is 1. The second-order valence-corrected chi connectivity index (χ2v) is 5.73. The molecule has 0 saturated carbocycles. The minimum Gasteiger partial charge on any atom is -0.490 e. The highest BCUT2D eigenvalue weighted by Gasteiger charge is 2.06. The SMILES string of the molecule is O=C(NCC=CCOc1ccccc1)c1ccc2ncsc2c1. The second-order valence-electron chi connectivity index (χ2n) is 4.84. The summed E-state index contributed by atoms with van der Waals surface area (Å²) in [5.74, 6) is 0.743. The second kappa shape index (κ2) is 7.56. The molecule has 0 unspecified atom stereocenters. The minimum absolute atomic E-state index is 0.0890. The maximum atomic E-state index is 12.1. The fourth-order valence-corrected chi connectivity index (χ4v) is 2.78. The number of carbonyl (C=O) groups excluding carboxylic acids is 1. The standard InChI is InChI=1S/C18H16N2O2S/c21-18(14-8-9-16-17(12-14)23-13-20-16)19-10-4-5-11-22-15-6-2-1-3-7-15/h1-9,12-13H,10-11H2,(H,19,21). The quantitative estimate of drug-likeness (QED) is 0.704. The number of fused-ring (bicyclic) bond motifs is 1. The Bertz CT molecular complexity index is 812. The number of para-hydroxylation sites is 1. The van der Waals surface area contributed by atoms with Crippen LogP contribution in [0, 0.1) is 0 Å². The predicted molar refractivity (Wildman–Crippen MR) is 93.0 cm³/mol. The molecule has 0 aliphatic carbocycles. The van der Waals surface area contributed by atoms with Gasteiger partial charge >= 0.3 is 0 Å². The molecule has 0 atom stereocenters. The monoisotopic (exact) mass is 324 g/mol. The lowest BCUT2D eigenvalue weighted by Gasteiger charge is -2.03. The average molecular weight is 324 g/mol. The molecule has 0 spiro atoms. The van der Waals surface area contributed by atoms with Crippen molar-refractivity contribution in [3.63, 3.8) is 0 Å². The largest absolute Gasteiger partial charge is 0.490 e. The van der Waals surface area contributed by atoms with Crippen LogP contribution in [0.5, 0.6) is 5.75 Å². The van der Waals surface area contributed by atoms with Gasteiger partial charge in [-0.3, -0.25) is 4.79 Å². The topological polar surface area (TPSA) is 51.2 Å². The molecule has 0 radical (unpaired) electrons. The van der Waals surface area contributed by atoms with Crippen molar-refractivity contribution in [2.24, 2.45) is 0 Å². The van der Waals surface area contributed by atoms with Crippen molar-refractivity contribution in [3.8, 4) is 5.75 Å². The molecule has 3 rings (SSSR count). The highest BCUT2D eigenvalue weighted by atomic mass is 32.1. The Balaban J connectivity index is 1.44. The first-order valence-electron chi connectivity index (χ1n) is 7.27. The number of amides is 1. The summed E-state index contributed by atoms with van der Waals surface area (Å²) < 4.78 is 6.55. The Morgan fingerprint density at radius 3 is 2.91 bits per heavy atom. The van der Waals surface area contributed by atoms with Crippen LogP contribution in [0.15, 0.2) is 66.2 Å². The van der Waals surface area contributed by atoms with Crippen LogP contribution in [0.4, 0.5) is 0 Å². The summed E-state index contributed by atoms with van der Waals surface area (Å²) in [4.78, 5) is 16.3. The third-order valence-corrected chi connectivity index (χ3v) is 4.02. The Hall–Kier alpha value is -2.66. The molecule has 0 aliphatic rings. The maximum absolute atomic E-state index is 12.1. The zero-order valence-corrected chi connectivity index (χ0v) is 13.3. The molecule has 3 aromatic rings. The van der Waals surface area contributed by atoms with Crippen LogP contribution >= 0.6 is 11.3 Å². The molecular weight excluding hydrogens is 308 g/mol. The number of ether oxygens (including phenoxy) is 1. The van der Waals surface area contributed by atoms with Crippen molar-refractivity contribution in [2.75, 3.05) is 13.2 Å². The van der Waals surface area contributed by atoms with Crippen LogP contribution in [0.1, 0.15) is 10.4 Å². The van der Waals surface area contributed by atoms with Gasteiger partial charge in [0.25, 0.3) is 5.91 Å². The molecule has 1 aromatic heterocycles. The number of hydrogen-bond acceptors (Lipinski definition) is 4. The van der Waals surface area contributed by atoms with Gasteiger partial charge in [-0.15, -0.1) is 11.3 Å². The maximum Gasteiger partial charge on any atom is 0.251 e. The van der Waals surface area contributed by atoms with Crippen molar-refractivity contribution in [1.29, 1.82) is 0 Å². The summed E-state index contributed by atoms with van der Waals surface area (Å²) in [6.07, 6.45) is 3.77. The molecule has 0 fully saturated rings. The van der Waals surface area contributed by atoms with Gasteiger partial charge in [0.05, 0.1) is 15.7 Å². The van der Waals surface area contributed by atoms with Crippen molar-refractivity contribution < 1.29 is 9.53 Å². The molecule has 1 heterocycles. The van der Waals surface area contributed by atoms with E-state index in [9.17, 15) is 4.79 Å². The van der Waals surface area contributed by atoms with Crippen molar-refractivity contribution in [3.05, 3.63) is 71.8 Å². The Kier molecular flexibility index (Phi) is 5.01. The lowest BCUT2D eigenvalue weighted by Crippen LogP contribution is -2.23. The number of aromatic nitrogens is 1. The molecule has 0 saturated heterocycles. The minimum atomic E-state index is -0.0890. The molecule has 0 bridgehead atoms. The van der Waals surface area contributed by atoms with Gasteiger partial charge in [-0.1, -0.05) is 24.3 Å². The molecule has 4 nitrogen and oxygen atoms in total. The lowest BCUT2D eigenvalue weighted by molar-refractivity contribution is 0.0958. The van der Waals surface area contributed by atoms with Crippen LogP contribution in [-0.4, -0.2) is 24.0 Å². The van der Waals surface area contributed by atoms with Gasteiger partial charge in [-0.2, -0.15) is 0 Å². The summed E-state index contributed by atoms with van der Waals surface area (Å²) >= 11 is 1.53. The normalized spacial score (nSPS) is 11.0. The molecule has 2 aromatic carbocycles. The molecule has 1 N–H and O–H groups in total. The Morgan fingerprint density at radius 1 is 1.17 bits per heavy atom. The first kappa shape index (κ1) is 15.2. The van der Waals surface area contributed by atoms with E-state index < -0.39 is 0 Å². The summed E-state index contributed by atoms with van der Waals surface area (Å²) in [6, 6.07) is 15.1. The molecule has 5 heteroatoms. The van der Waals surface area contributed by atoms with E-state index in [0.717, 1.165) is 16.0 Å². The molecular formula is C18H16N2O2S. The number of hydrogen-bond donors (Lipinski definition) is 1. The predicted octanol–water partition coefficient (Wildman–Crippen LogP) is 3.66. The van der Waals surface area contributed by atoms with Crippen molar-refractivity contribution in [1.82, 2.24) is 10.3 Å².